The van der Waals surface area contributed by atoms with Crippen molar-refractivity contribution >= 4 is 23.6 Å². The number of imide groups is 1. The van der Waals surface area contributed by atoms with Gasteiger partial charge in [-0.1, -0.05) is 0 Å². The number of nitrogens with zero attached hydrogens (tertiary/aromatic N) is 3. The maximum absolute atomic E-state index is 12.7. The van der Waals surface area contributed by atoms with Crippen molar-refractivity contribution in [3.05, 3.63) is 11.8 Å². The van der Waals surface area contributed by atoms with Crippen molar-refractivity contribution in [1.82, 2.24) is 15.3 Å². The maximum Gasteiger partial charge on any atom is 0.433 e. The van der Waals surface area contributed by atoms with Crippen LogP contribution in [0.4, 0.5) is 24.9 Å². The number of halogens is 3. The number of hydrazine groups is 1. The number of aromatic nitrogens is 2. The molecule has 0 spiro atoms. The van der Waals surface area contributed by atoms with Gasteiger partial charge in [0.2, 0.25) is 17.8 Å². The average Bonchev–Trinajstić information content (AvgIpc) is 2.36. The fraction of sp³-hybridized carbons (Fsp3) is 0.333. The number of alkyl halides is 3. The SMILES string of the molecule is NNc1nc(N2CC(=O)NC(=O)C2)cc(C(F)(F)F)n1. The maximum atomic E-state index is 12.7. The lowest BCUT2D eigenvalue weighted by molar-refractivity contribution is -0.141. The van der Waals surface area contributed by atoms with E-state index in [2.05, 4.69) is 9.97 Å². The van der Waals surface area contributed by atoms with Crippen molar-refractivity contribution in [3.8, 4) is 0 Å². The molecule has 2 heterocycles. The molecule has 4 N–H and O–H groups in total. The lowest BCUT2D eigenvalue weighted by Crippen LogP contribution is -2.51. The number of hydrogen-bond donors (Lipinski definition) is 3. The lowest BCUT2D eigenvalue weighted by Gasteiger charge is -2.26. The Morgan fingerprint density at radius 3 is 2.35 bits per heavy atom. The molecule has 20 heavy (non-hydrogen) atoms. The van der Waals surface area contributed by atoms with Crippen molar-refractivity contribution < 1.29 is 22.8 Å². The number of carbonyl (C=O) groups excluding carboxylic acids is 2. The molecule has 0 saturated carbocycles. The fourth-order valence-corrected chi connectivity index (χ4v) is 1.61. The Balaban J connectivity index is 2.40. The second-order valence-corrected chi connectivity index (χ2v) is 3.90. The highest BCUT2D eigenvalue weighted by molar-refractivity contribution is 6.02. The predicted molar refractivity (Wildman–Crippen MR) is 60.2 cm³/mol. The molecule has 0 aliphatic carbocycles. The van der Waals surface area contributed by atoms with Crippen LogP contribution in [-0.2, 0) is 15.8 Å². The summed E-state index contributed by atoms with van der Waals surface area (Å²) in [5.74, 6) is 3.07. The zero-order valence-electron chi connectivity index (χ0n) is 9.86. The van der Waals surface area contributed by atoms with Gasteiger partial charge >= 0.3 is 6.18 Å². The third kappa shape index (κ3) is 2.93. The second-order valence-electron chi connectivity index (χ2n) is 3.90. The lowest BCUT2D eigenvalue weighted by atomic mass is 10.3. The molecule has 0 aromatic carbocycles. The van der Waals surface area contributed by atoms with E-state index in [1.165, 1.54) is 0 Å². The van der Waals surface area contributed by atoms with E-state index in [0.29, 0.717) is 6.07 Å². The van der Waals surface area contributed by atoms with Gasteiger partial charge in [-0.25, -0.2) is 10.8 Å². The van der Waals surface area contributed by atoms with E-state index in [-0.39, 0.29) is 18.9 Å². The van der Waals surface area contributed by atoms with E-state index in [1.54, 1.807) is 0 Å². The zero-order chi connectivity index (χ0) is 14.9. The van der Waals surface area contributed by atoms with Gasteiger partial charge in [-0.3, -0.25) is 20.3 Å². The quantitative estimate of drug-likeness (QED) is 0.373. The number of piperazine rings is 1. The van der Waals surface area contributed by atoms with Gasteiger partial charge in [-0.05, 0) is 0 Å². The Bertz CT molecular complexity index is 545. The number of hydrogen-bond acceptors (Lipinski definition) is 7. The summed E-state index contributed by atoms with van der Waals surface area (Å²) in [6.07, 6.45) is -4.70. The number of carbonyl (C=O) groups is 2. The zero-order valence-corrected chi connectivity index (χ0v) is 9.86. The van der Waals surface area contributed by atoms with Gasteiger partial charge in [-0.15, -0.1) is 0 Å². The van der Waals surface area contributed by atoms with Crippen LogP contribution >= 0.6 is 0 Å². The van der Waals surface area contributed by atoms with Gasteiger partial charge in [0.15, 0.2) is 5.69 Å². The molecule has 0 radical (unpaired) electrons. The highest BCUT2D eigenvalue weighted by Gasteiger charge is 2.35. The molecule has 1 saturated heterocycles. The minimum absolute atomic E-state index is 0.219. The van der Waals surface area contributed by atoms with E-state index >= 15 is 0 Å². The molecule has 108 valence electrons. The molecule has 2 amide bonds. The molecule has 0 unspecified atom stereocenters. The summed E-state index contributed by atoms with van der Waals surface area (Å²) in [7, 11) is 0. The summed E-state index contributed by atoms with van der Waals surface area (Å²) >= 11 is 0. The number of nitrogens with two attached hydrogens (primary N) is 1. The summed E-state index contributed by atoms with van der Waals surface area (Å²) in [6, 6.07) is 0.646. The molecule has 1 fully saturated rings. The van der Waals surface area contributed by atoms with Crippen LogP contribution in [0, 0.1) is 0 Å². The van der Waals surface area contributed by atoms with Crippen LogP contribution in [0.2, 0.25) is 0 Å². The Kier molecular flexibility index (Phi) is 3.44. The highest BCUT2D eigenvalue weighted by Crippen LogP contribution is 2.30. The van der Waals surface area contributed by atoms with E-state index in [0.717, 1.165) is 4.90 Å². The molecule has 1 aromatic rings. The standard InChI is InChI=1S/C9H9F3N6O2/c10-9(11,12)4-1-5(15-8(14-4)17-13)18-2-6(19)16-7(20)3-18/h1H,2-3,13H2,(H,14,15,17)(H,16,19,20). The van der Waals surface area contributed by atoms with E-state index in [1.807, 2.05) is 10.7 Å². The van der Waals surface area contributed by atoms with Crippen LogP contribution in [0.1, 0.15) is 5.69 Å². The van der Waals surface area contributed by atoms with Crippen molar-refractivity contribution in [3.63, 3.8) is 0 Å². The minimum Gasteiger partial charge on any atom is -0.338 e. The molecule has 8 nitrogen and oxygen atoms in total. The largest absolute Gasteiger partial charge is 0.433 e. The molecule has 1 aromatic heterocycles. The van der Waals surface area contributed by atoms with Gasteiger partial charge in [0.1, 0.15) is 5.82 Å². The molecule has 1 aliphatic heterocycles. The smallest absolute Gasteiger partial charge is 0.338 e. The average molecular weight is 290 g/mol. The highest BCUT2D eigenvalue weighted by atomic mass is 19.4. The Labute approximate surface area is 110 Å². The van der Waals surface area contributed by atoms with Crippen molar-refractivity contribution in [2.24, 2.45) is 5.84 Å². The van der Waals surface area contributed by atoms with E-state index in [4.69, 9.17) is 5.84 Å². The Morgan fingerprint density at radius 2 is 1.85 bits per heavy atom. The number of nitrogen functional groups attached to an aromatic ring is 1. The topological polar surface area (TPSA) is 113 Å². The third-order valence-corrected chi connectivity index (χ3v) is 2.40. The van der Waals surface area contributed by atoms with Crippen LogP contribution in [0.15, 0.2) is 6.07 Å². The van der Waals surface area contributed by atoms with E-state index < -0.39 is 29.6 Å². The number of rotatable bonds is 2. The summed E-state index contributed by atoms with van der Waals surface area (Å²) < 4.78 is 38.0. The molecule has 0 atom stereocenters. The summed E-state index contributed by atoms with van der Waals surface area (Å²) in [4.78, 5) is 30.4. The molecular formula is C9H9F3N6O2. The Morgan fingerprint density at radius 1 is 1.25 bits per heavy atom. The first-order chi connectivity index (χ1) is 9.29. The Hall–Kier alpha value is -2.43. The van der Waals surface area contributed by atoms with E-state index in [9.17, 15) is 22.8 Å². The summed E-state index contributed by atoms with van der Waals surface area (Å²) in [5, 5.41) is 2.03. The first-order valence-electron chi connectivity index (χ1n) is 5.30. The molecular weight excluding hydrogens is 281 g/mol. The summed E-state index contributed by atoms with van der Waals surface area (Å²) in [5.41, 5.74) is 0.679. The van der Waals surface area contributed by atoms with Gasteiger partial charge in [-0.2, -0.15) is 18.2 Å². The van der Waals surface area contributed by atoms with Crippen LogP contribution in [-0.4, -0.2) is 34.9 Å². The number of nitrogens with one attached hydrogen (secondary N) is 2. The van der Waals surface area contributed by atoms with Gasteiger partial charge in [0, 0.05) is 6.07 Å². The van der Waals surface area contributed by atoms with Crippen LogP contribution in [0.25, 0.3) is 0 Å². The molecule has 2 rings (SSSR count). The first-order valence-corrected chi connectivity index (χ1v) is 5.30. The predicted octanol–water partition coefficient (Wildman–Crippen LogP) is -0.756. The summed E-state index contributed by atoms with van der Waals surface area (Å²) in [6.45, 7) is -0.575. The monoisotopic (exact) mass is 290 g/mol. The number of anilines is 2. The normalized spacial score (nSPS) is 16.1. The van der Waals surface area contributed by atoms with Crippen LogP contribution in [0.3, 0.4) is 0 Å². The van der Waals surface area contributed by atoms with Gasteiger partial charge in [0.25, 0.3) is 0 Å². The molecule has 0 bridgehead atoms. The first kappa shape index (κ1) is 14.0. The van der Waals surface area contributed by atoms with Crippen molar-refractivity contribution in [2.45, 2.75) is 6.18 Å². The van der Waals surface area contributed by atoms with Gasteiger partial charge < -0.3 is 4.90 Å². The minimum atomic E-state index is -4.70. The number of amides is 2. The van der Waals surface area contributed by atoms with Crippen molar-refractivity contribution in [2.75, 3.05) is 23.4 Å². The molecule has 11 heteroatoms. The third-order valence-electron chi connectivity index (χ3n) is 2.40. The van der Waals surface area contributed by atoms with Crippen LogP contribution in [0.5, 0.6) is 0 Å². The van der Waals surface area contributed by atoms with Crippen LogP contribution < -0.4 is 21.5 Å². The van der Waals surface area contributed by atoms with Gasteiger partial charge in [0.05, 0.1) is 13.1 Å². The van der Waals surface area contributed by atoms with Crippen molar-refractivity contribution in [1.29, 1.82) is 0 Å². The second kappa shape index (κ2) is 4.92. The fourth-order valence-electron chi connectivity index (χ4n) is 1.61. The molecule has 1 aliphatic rings.